The summed E-state index contributed by atoms with van der Waals surface area (Å²) in [5, 5.41) is 14.0. The Morgan fingerprint density at radius 2 is 2.04 bits per heavy atom. The highest BCUT2D eigenvalue weighted by molar-refractivity contribution is 7.89. The number of hydrogen-bond acceptors (Lipinski definition) is 6. The Morgan fingerprint density at radius 1 is 1.28 bits per heavy atom. The molecular formula is C16H17ClN2O5S. The second-order valence-electron chi connectivity index (χ2n) is 4.78. The van der Waals surface area contributed by atoms with Crippen LogP contribution < -0.4 is 14.3 Å². The molecule has 0 amide bonds. The molecule has 2 aromatic rings. The van der Waals surface area contributed by atoms with Gasteiger partial charge in [-0.1, -0.05) is 17.7 Å². The lowest BCUT2D eigenvalue weighted by atomic mass is 10.2. The van der Waals surface area contributed by atoms with E-state index in [-0.39, 0.29) is 27.2 Å². The molecule has 0 aromatic heterocycles. The summed E-state index contributed by atoms with van der Waals surface area (Å²) >= 11 is 5.84. The van der Waals surface area contributed by atoms with E-state index < -0.39 is 10.0 Å². The normalized spacial score (nSPS) is 11.5. The molecule has 9 heteroatoms. The van der Waals surface area contributed by atoms with Crippen molar-refractivity contribution in [3.05, 3.63) is 47.0 Å². The van der Waals surface area contributed by atoms with E-state index in [4.69, 9.17) is 21.1 Å². The Balaban J connectivity index is 2.25. The van der Waals surface area contributed by atoms with Gasteiger partial charge in [0.05, 0.1) is 19.9 Å². The summed E-state index contributed by atoms with van der Waals surface area (Å²) in [6, 6.07) is 9.02. The Kier molecular flexibility index (Phi) is 6.11. The molecule has 0 aliphatic heterocycles. The molecule has 0 unspecified atom stereocenters. The van der Waals surface area contributed by atoms with Crippen molar-refractivity contribution in [2.24, 2.45) is 5.10 Å². The second kappa shape index (κ2) is 8.09. The van der Waals surface area contributed by atoms with Gasteiger partial charge < -0.3 is 14.6 Å². The molecule has 25 heavy (non-hydrogen) atoms. The minimum absolute atomic E-state index is 0.132. The lowest BCUT2D eigenvalue weighted by Crippen LogP contribution is -2.19. The fourth-order valence-corrected chi connectivity index (χ4v) is 3.22. The van der Waals surface area contributed by atoms with Crippen LogP contribution in [0.5, 0.6) is 17.2 Å². The fraction of sp³-hybridized carbons (Fsp3) is 0.188. The number of methoxy groups -OCH3 is 1. The Labute approximate surface area is 150 Å². The number of nitrogens with one attached hydrogen (secondary N) is 1. The van der Waals surface area contributed by atoms with Crippen molar-refractivity contribution in [3.8, 4) is 17.2 Å². The van der Waals surface area contributed by atoms with Crippen molar-refractivity contribution in [1.29, 1.82) is 0 Å². The van der Waals surface area contributed by atoms with E-state index in [0.29, 0.717) is 12.2 Å². The zero-order chi connectivity index (χ0) is 18.4. The quantitative estimate of drug-likeness (QED) is 0.565. The standard InChI is InChI=1S/C16H17ClN2O5S/c1-3-24-14-6-4-5-11(16(14)20)10-18-19-25(21,22)15-9-12(17)7-8-13(15)23-2/h4-10,19-20H,3H2,1-2H3/b18-10+. The summed E-state index contributed by atoms with van der Waals surface area (Å²) in [5.74, 6) is 0.284. The van der Waals surface area contributed by atoms with Crippen LogP contribution in [0.4, 0.5) is 0 Å². The molecule has 2 N–H and O–H groups in total. The first-order valence-electron chi connectivity index (χ1n) is 7.22. The first kappa shape index (κ1) is 18.9. The number of hydrogen-bond donors (Lipinski definition) is 2. The lowest BCUT2D eigenvalue weighted by molar-refractivity contribution is 0.318. The predicted molar refractivity (Wildman–Crippen MR) is 95.2 cm³/mol. The van der Waals surface area contributed by atoms with Crippen LogP contribution in [-0.2, 0) is 10.0 Å². The van der Waals surface area contributed by atoms with Gasteiger partial charge in [-0.25, -0.2) is 0 Å². The summed E-state index contributed by atoms with van der Waals surface area (Å²) in [7, 11) is -2.65. The number of para-hydroxylation sites is 1. The molecule has 7 nitrogen and oxygen atoms in total. The van der Waals surface area contributed by atoms with Gasteiger partial charge in [-0.15, -0.1) is 0 Å². The van der Waals surface area contributed by atoms with Gasteiger partial charge in [0.25, 0.3) is 10.0 Å². The van der Waals surface area contributed by atoms with Gasteiger partial charge in [0.2, 0.25) is 0 Å². The first-order valence-corrected chi connectivity index (χ1v) is 9.08. The lowest BCUT2D eigenvalue weighted by Gasteiger charge is -2.09. The van der Waals surface area contributed by atoms with Crippen LogP contribution in [0.2, 0.25) is 5.02 Å². The van der Waals surface area contributed by atoms with Crippen molar-refractivity contribution < 1.29 is 23.0 Å². The van der Waals surface area contributed by atoms with Gasteiger partial charge in [0.1, 0.15) is 10.6 Å². The first-order chi connectivity index (χ1) is 11.9. The smallest absolute Gasteiger partial charge is 0.280 e. The summed E-state index contributed by atoms with van der Waals surface area (Å²) in [6.45, 7) is 2.17. The number of ether oxygens (including phenoxy) is 2. The molecule has 134 valence electrons. The van der Waals surface area contributed by atoms with Gasteiger partial charge in [0.15, 0.2) is 11.5 Å². The SMILES string of the molecule is CCOc1cccc(/C=N/NS(=O)(=O)c2cc(Cl)ccc2OC)c1O. The van der Waals surface area contributed by atoms with Crippen molar-refractivity contribution >= 4 is 27.8 Å². The highest BCUT2D eigenvalue weighted by atomic mass is 35.5. The van der Waals surface area contributed by atoms with Gasteiger partial charge in [0, 0.05) is 10.6 Å². The molecule has 0 saturated heterocycles. The average Bonchev–Trinajstić information content (AvgIpc) is 2.58. The summed E-state index contributed by atoms with van der Waals surface area (Å²) in [6.07, 6.45) is 1.17. The number of rotatable bonds is 7. The molecule has 0 atom stereocenters. The summed E-state index contributed by atoms with van der Waals surface area (Å²) in [5.41, 5.74) is 0.298. The number of hydrazone groups is 1. The molecule has 0 bridgehead atoms. The molecule has 0 fully saturated rings. The van der Waals surface area contributed by atoms with E-state index in [2.05, 4.69) is 9.93 Å². The minimum atomic E-state index is -4.00. The van der Waals surface area contributed by atoms with E-state index in [9.17, 15) is 13.5 Å². The molecular weight excluding hydrogens is 368 g/mol. The molecule has 0 aliphatic rings. The second-order valence-corrected chi connectivity index (χ2v) is 6.84. The molecule has 0 heterocycles. The van der Waals surface area contributed by atoms with E-state index >= 15 is 0 Å². The fourth-order valence-electron chi connectivity index (χ4n) is 1.99. The molecule has 0 aliphatic carbocycles. The maximum absolute atomic E-state index is 12.4. The number of halogens is 1. The third-order valence-corrected chi connectivity index (χ3v) is 4.60. The van der Waals surface area contributed by atoms with Crippen LogP contribution in [0.25, 0.3) is 0 Å². The summed E-state index contributed by atoms with van der Waals surface area (Å²) < 4.78 is 35.0. The maximum Gasteiger partial charge on any atom is 0.280 e. The molecule has 0 spiro atoms. The van der Waals surface area contributed by atoms with Crippen LogP contribution in [-0.4, -0.2) is 33.5 Å². The Hall–Kier alpha value is -2.45. The monoisotopic (exact) mass is 384 g/mol. The van der Waals surface area contributed by atoms with Crippen LogP contribution in [0.3, 0.4) is 0 Å². The van der Waals surface area contributed by atoms with Crippen LogP contribution >= 0.6 is 11.6 Å². The Bertz CT molecular complexity index is 884. The van der Waals surface area contributed by atoms with Gasteiger partial charge in [-0.05, 0) is 37.3 Å². The number of aromatic hydroxyl groups is 1. The van der Waals surface area contributed by atoms with E-state index in [1.807, 2.05) is 0 Å². The number of nitrogens with zero attached hydrogens (tertiary/aromatic N) is 1. The summed E-state index contributed by atoms with van der Waals surface area (Å²) in [4.78, 5) is 1.91. The van der Waals surface area contributed by atoms with E-state index in [1.54, 1.807) is 25.1 Å². The van der Waals surface area contributed by atoms with Crippen molar-refractivity contribution in [2.75, 3.05) is 13.7 Å². The molecule has 2 aromatic carbocycles. The zero-order valence-electron chi connectivity index (χ0n) is 13.6. The highest BCUT2D eigenvalue weighted by Crippen LogP contribution is 2.29. The topological polar surface area (TPSA) is 97.2 Å². The molecule has 2 rings (SSSR count). The number of phenols is 1. The van der Waals surface area contributed by atoms with Crippen molar-refractivity contribution in [3.63, 3.8) is 0 Å². The van der Waals surface area contributed by atoms with Crippen LogP contribution in [0, 0.1) is 0 Å². The molecule has 0 saturated carbocycles. The maximum atomic E-state index is 12.4. The van der Waals surface area contributed by atoms with Crippen molar-refractivity contribution in [2.45, 2.75) is 11.8 Å². The van der Waals surface area contributed by atoms with Gasteiger partial charge >= 0.3 is 0 Å². The van der Waals surface area contributed by atoms with Gasteiger partial charge in [-0.3, -0.25) is 0 Å². The third kappa shape index (κ3) is 4.55. The highest BCUT2D eigenvalue weighted by Gasteiger charge is 2.19. The van der Waals surface area contributed by atoms with Crippen LogP contribution in [0.1, 0.15) is 12.5 Å². The Morgan fingerprint density at radius 3 is 2.72 bits per heavy atom. The predicted octanol–water partition coefficient (Wildman–Crippen LogP) is 2.77. The van der Waals surface area contributed by atoms with Crippen LogP contribution in [0.15, 0.2) is 46.4 Å². The number of phenolic OH excluding ortho intramolecular Hbond substituents is 1. The zero-order valence-corrected chi connectivity index (χ0v) is 15.1. The third-order valence-electron chi connectivity index (χ3n) is 3.12. The van der Waals surface area contributed by atoms with Gasteiger partial charge in [-0.2, -0.15) is 18.4 Å². The molecule has 0 radical (unpaired) electrons. The largest absolute Gasteiger partial charge is 0.504 e. The number of benzene rings is 2. The van der Waals surface area contributed by atoms with Crippen molar-refractivity contribution in [1.82, 2.24) is 4.83 Å². The average molecular weight is 385 g/mol. The minimum Gasteiger partial charge on any atom is -0.504 e. The van der Waals surface area contributed by atoms with E-state index in [1.165, 1.54) is 31.5 Å². The van der Waals surface area contributed by atoms with E-state index in [0.717, 1.165) is 0 Å². The number of sulfonamides is 1.